The second-order valence-electron chi connectivity index (χ2n) is 5.27. The predicted octanol–water partition coefficient (Wildman–Crippen LogP) is 4.35. The number of fused-ring (bicyclic) bond motifs is 1. The Bertz CT molecular complexity index is 683. The first-order chi connectivity index (χ1) is 9.10. The van der Waals surface area contributed by atoms with Crippen LogP contribution >= 0.6 is 15.9 Å². The van der Waals surface area contributed by atoms with E-state index in [0.717, 1.165) is 40.2 Å². The van der Waals surface area contributed by atoms with Gasteiger partial charge in [-0.1, -0.05) is 0 Å². The molecule has 0 aliphatic heterocycles. The average molecular weight is 319 g/mol. The van der Waals surface area contributed by atoms with Gasteiger partial charge in [0.1, 0.15) is 0 Å². The van der Waals surface area contributed by atoms with Gasteiger partial charge in [0, 0.05) is 27.6 Å². The first kappa shape index (κ1) is 12.7. The molecule has 2 aromatic rings. The van der Waals surface area contributed by atoms with E-state index in [4.69, 9.17) is 6.57 Å². The fourth-order valence-electron chi connectivity index (χ4n) is 2.96. The molecule has 3 rings (SSSR count). The third-order valence-corrected chi connectivity index (χ3v) is 4.63. The molecule has 0 amide bonds. The zero-order valence-corrected chi connectivity index (χ0v) is 12.3. The summed E-state index contributed by atoms with van der Waals surface area (Å²) in [5.41, 5.74) is 2.86. The molecule has 98 valence electrons. The first-order valence-corrected chi connectivity index (χ1v) is 7.25. The smallest absolute Gasteiger partial charge is 0.190 e. The molecule has 0 unspecified atom stereocenters. The molecule has 0 spiro atoms. The number of rotatable bonds is 1. The maximum atomic E-state index is 9.71. The lowest BCUT2D eigenvalue weighted by Crippen LogP contribution is -2.05. The molecule has 1 fully saturated rings. The lowest BCUT2D eigenvalue weighted by atomic mass is 10.1. The van der Waals surface area contributed by atoms with Crippen LogP contribution in [-0.2, 0) is 0 Å². The third-order valence-electron chi connectivity index (χ3n) is 3.99. The van der Waals surface area contributed by atoms with E-state index in [1.807, 2.05) is 13.0 Å². The molecular formula is C15H15BrN2O. The SMILES string of the molecule is [C-]#[N+]c1cc2c(Br)cn([C@@H]3CC[C@H](O)C3)c2cc1C. The summed E-state index contributed by atoms with van der Waals surface area (Å²) in [6.07, 6.45) is 4.62. The summed E-state index contributed by atoms with van der Waals surface area (Å²) >= 11 is 3.58. The van der Waals surface area contributed by atoms with E-state index in [1.165, 1.54) is 0 Å². The predicted molar refractivity (Wildman–Crippen MR) is 79.5 cm³/mol. The molecule has 1 aromatic heterocycles. The third kappa shape index (κ3) is 2.07. The van der Waals surface area contributed by atoms with E-state index in [0.29, 0.717) is 11.7 Å². The number of aryl methyl sites for hydroxylation is 1. The number of hydrogen-bond donors (Lipinski definition) is 1. The molecule has 3 nitrogen and oxygen atoms in total. The van der Waals surface area contributed by atoms with Gasteiger partial charge in [0.15, 0.2) is 5.69 Å². The van der Waals surface area contributed by atoms with Crippen LogP contribution in [0.3, 0.4) is 0 Å². The van der Waals surface area contributed by atoms with Gasteiger partial charge in [0.05, 0.1) is 12.7 Å². The van der Waals surface area contributed by atoms with Crippen LogP contribution in [0.1, 0.15) is 30.9 Å². The molecular weight excluding hydrogens is 304 g/mol. The Balaban J connectivity index is 2.17. The quantitative estimate of drug-likeness (QED) is 0.778. The average Bonchev–Trinajstić information content (AvgIpc) is 2.93. The van der Waals surface area contributed by atoms with Crippen LogP contribution in [0.15, 0.2) is 22.8 Å². The van der Waals surface area contributed by atoms with Crippen LogP contribution in [0.25, 0.3) is 15.7 Å². The molecule has 19 heavy (non-hydrogen) atoms. The highest BCUT2D eigenvalue weighted by Gasteiger charge is 2.25. The van der Waals surface area contributed by atoms with Gasteiger partial charge >= 0.3 is 0 Å². The summed E-state index contributed by atoms with van der Waals surface area (Å²) in [5.74, 6) is 0. The minimum absolute atomic E-state index is 0.176. The maximum Gasteiger partial charge on any atom is 0.190 e. The summed E-state index contributed by atoms with van der Waals surface area (Å²) < 4.78 is 3.27. The highest BCUT2D eigenvalue weighted by atomic mass is 79.9. The molecule has 2 atom stereocenters. The lowest BCUT2D eigenvalue weighted by Gasteiger charge is -2.14. The Kier molecular flexibility index (Phi) is 3.12. The first-order valence-electron chi connectivity index (χ1n) is 6.46. The molecule has 1 saturated carbocycles. The van der Waals surface area contributed by atoms with E-state index in [9.17, 15) is 5.11 Å². The Morgan fingerprint density at radius 2 is 2.21 bits per heavy atom. The Morgan fingerprint density at radius 1 is 1.42 bits per heavy atom. The van der Waals surface area contributed by atoms with Crippen LogP contribution < -0.4 is 0 Å². The minimum atomic E-state index is -0.176. The number of nitrogens with zero attached hydrogens (tertiary/aromatic N) is 2. The van der Waals surface area contributed by atoms with Gasteiger partial charge in [-0.15, -0.1) is 0 Å². The van der Waals surface area contributed by atoms with Crippen molar-refractivity contribution in [1.82, 2.24) is 4.57 Å². The van der Waals surface area contributed by atoms with Crippen molar-refractivity contribution >= 4 is 32.5 Å². The number of aliphatic hydroxyl groups excluding tert-OH is 1. The van der Waals surface area contributed by atoms with Crippen molar-refractivity contribution in [3.05, 3.63) is 39.8 Å². The number of benzene rings is 1. The Labute approximate surface area is 120 Å². The van der Waals surface area contributed by atoms with E-state index >= 15 is 0 Å². The molecule has 4 heteroatoms. The minimum Gasteiger partial charge on any atom is -0.393 e. The van der Waals surface area contributed by atoms with Gasteiger partial charge < -0.3 is 9.67 Å². The Hall–Kier alpha value is -1.31. The highest BCUT2D eigenvalue weighted by molar-refractivity contribution is 9.10. The molecule has 1 heterocycles. The largest absolute Gasteiger partial charge is 0.393 e. The van der Waals surface area contributed by atoms with Crippen molar-refractivity contribution in [2.75, 3.05) is 0 Å². The molecule has 1 aliphatic rings. The van der Waals surface area contributed by atoms with E-state index in [2.05, 4.69) is 37.6 Å². The fourth-order valence-corrected chi connectivity index (χ4v) is 3.50. The van der Waals surface area contributed by atoms with Crippen LogP contribution in [-0.4, -0.2) is 15.8 Å². The molecule has 0 saturated heterocycles. The lowest BCUT2D eigenvalue weighted by molar-refractivity contribution is 0.178. The number of aliphatic hydroxyl groups is 1. The fraction of sp³-hybridized carbons (Fsp3) is 0.400. The number of halogens is 1. The van der Waals surface area contributed by atoms with Crippen molar-refractivity contribution in [1.29, 1.82) is 0 Å². The molecule has 1 aliphatic carbocycles. The van der Waals surface area contributed by atoms with Crippen LogP contribution in [0, 0.1) is 13.5 Å². The van der Waals surface area contributed by atoms with E-state index in [-0.39, 0.29) is 6.10 Å². The molecule has 1 N–H and O–H groups in total. The van der Waals surface area contributed by atoms with Gasteiger partial charge in [-0.3, -0.25) is 0 Å². The molecule has 1 aromatic carbocycles. The monoisotopic (exact) mass is 318 g/mol. The van der Waals surface area contributed by atoms with Gasteiger partial charge in [-0.2, -0.15) is 0 Å². The number of hydrogen-bond acceptors (Lipinski definition) is 1. The molecule has 0 radical (unpaired) electrons. The van der Waals surface area contributed by atoms with Crippen LogP contribution in [0.4, 0.5) is 5.69 Å². The summed E-state index contributed by atoms with van der Waals surface area (Å²) in [4.78, 5) is 3.56. The number of aromatic nitrogens is 1. The summed E-state index contributed by atoms with van der Waals surface area (Å²) in [7, 11) is 0. The van der Waals surface area contributed by atoms with Gasteiger partial charge in [-0.05, 0) is 59.8 Å². The van der Waals surface area contributed by atoms with Crippen molar-refractivity contribution in [2.24, 2.45) is 0 Å². The van der Waals surface area contributed by atoms with Gasteiger partial charge in [0.25, 0.3) is 0 Å². The van der Waals surface area contributed by atoms with Crippen LogP contribution in [0.2, 0.25) is 0 Å². The maximum absolute atomic E-state index is 9.71. The zero-order chi connectivity index (χ0) is 13.6. The zero-order valence-electron chi connectivity index (χ0n) is 10.7. The van der Waals surface area contributed by atoms with Crippen LogP contribution in [0.5, 0.6) is 0 Å². The van der Waals surface area contributed by atoms with Crippen molar-refractivity contribution in [2.45, 2.75) is 38.3 Å². The topological polar surface area (TPSA) is 29.5 Å². The van der Waals surface area contributed by atoms with Crippen molar-refractivity contribution < 1.29 is 5.11 Å². The van der Waals surface area contributed by atoms with Gasteiger partial charge in [0.2, 0.25) is 0 Å². The van der Waals surface area contributed by atoms with E-state index in [1.54, 1.807) is 0 Å². The van der Waals surface area contributed by atoms with Crippen molar-refractivity contribution in [3.63, 3.8) is 0 Å². The Morgan fingerprint density at radius 3 is 2.84 bits per heavy atom. The summed E-state index contributed by atoms with van der Waals surface area (Å²) in [6.45, 7) is 9.17. The summed E-state index contributed by atoms with van der Waals surface area (Å²) in [5, 5.41) is 10.8. The van der Waals surface area contributed by atoms with Gasteiger partial charge in [-0.25, -0.2) is 4.85 Å². The van der Waals surface area contributed by atoms with E-state index < -0.39 is 0 Å². The standard InChI is InChI=1S/C15H15BrN2O/c1-9-5-15-12(7-14(9)17-2)13(16)8-18(15)10-3-4-11(19)6-10/h5,7-8,10-11,19H,3-4,6H2,1H3/t10-,11+/m1/s1. The van der Waals surface area contributed by atoms with Crippen molar-refractivity contribution in [3.8, 4) is 0 Å². The summed E-state index contributed by atoms with van der Waals surface area (Å²) in [6, 6.07) is 4.39. The highest BCUT2D eigenvalue weighted by Crippen LogP contribution is 2.38. The second kappa shape index (κ2) is 4.66. The second-order valence-corrected chi connectivity index (χ2v) is 6.13. The normalized spacial score (nSPS) is 22.8. The molecule has 0 bridgehead atoms.